The average Bonchev–Trinajstić information content (AvgIpc) is 2.10. The Labute approximate surface area is 91.7 Å². The molecule has 0 aromatic carbocycles. The highest BCUT2D eigenvalue weighted by molar-refractivity contribution is 7.89. The fraction of sp³-hybridized carbons (Fsp3) is 0.889. The number of sulfonamides is 1. The van der Waals surface area contributed by atoms with Crippen molar-refractivity contribution >= 4 is 15.9 Å². The Bertz CT molecular complexity index is 304. The third kappa shape index (κ3) is 6.46. The number of carbonyl (C=O) groups is 1. The van der Waals surface area contributed by atoms with E-state index < -0.39 is 15.4 Å². The molecule has 0 saturated carbocycles. The zero-order valence-electron chi connectivity index (χ0n) is 9.75. The maximum Gasteiger partial charge on any atom is 0.225 e. The van der Waals surface area contributed by atoms with Crippen LogP contribution in [0.1, 0.15) is 27.7 Å². The van der Waals surface area contributed by atoms with Crippen LogP contribution in [0.2, 0.25) is 0 Å². The third-order valence-corrected chi connectivity index (χ3v) is 3.20. The lowest BCUT2D eigenvalue weighted by molar-refractivity contribution is -0.128. The Morgan fingerprint density at radius 1 is 1.20 bits per heavy atom. The second-order valence-electron chi connectivity index (χ2n) is 4.30. The van der Waals surface area contributed by atoms with Crippen molar-refractivity contribution < 1.29 is 13.2 Å². The van der Waals surface area contributed by atoms with Crippen molar-refractivity contribution in [2.75, 3.05) is 18.8 Å². The molecule has 15 heavy (non-hydrogen) atoms. The van der Waals surface area contributed by atoms with Gasteiger partial charge in [-0.1, -0.05) is 20.8 Å². The zero-order valence-corrected chi connectivity index (χ0v) is 10.6. The van der Waals surface area contributed by atoms with E-state index in [2.05, 4.69) is 10.0 Å². The summed E-state index contributed by atoms with van der Waals surface area (Å²) in [4.78, 5) is 11.4. The summed E-state index contributed by atoms with van der Waals surface area (Å²) in [5.74, 6) is -0.0292. The highest BCUT2D eigenvalue weighted by atomic mass is 32.2. The summed E-state index contributed by atoms with van der Waals surface area (Å²) >= 11 is 0. The van der Waals surface area contributed by atoms with Crippen molar-refractivity contribution in [2.45, 2.75) is 27.7 Å². The van der Waals surface area contributed by atoms with Gasteiger partial charge in [0.15, 0.2) is 0 Å². The van der Waals surface area contributed by atoms with Gasteiger partial charge >= 0.3 is 0 Å². The van der Waals surface area contributed by atoms with Crippen LogP contribution >= 0.6 is 0 Å². The lowest BCUT2D eigenvalue weighted by Gasteiger charge is -2.17. The van der Waals surface area contributed by atoms with Crippen molar-refractivity contribution in [1.82, 2.24) is 10.0 Å². The Hall–Kier alpha value is -0.620. The molecule has 6 heteroatoms. The number of nitrogens with one attached hydrogen (secondary N) is 2. The fourth-order valence-corrected chi connectivity index (χ4v) is 1.37. The topological polar surface area (TPSA) is 75.3 Å². The molecule has 0 aromatic rings. The molecule has 0 rings (SSSR count). The average molecular weight is 236 g/mol. The van der Waals surface area contributed by atoms with Gasteiger partial charge in [0.2, 0.25) is 15.9 Å². The molecule has 0 aromatic heterocycles. The molecule has 0 aliphatic rings. The van der Waals surface area contributed by atoms with Crippen molar-refractivity contribution in [2.24, 2.45) is 5.41 Å². The molecule has 2 N–H and O–H groups in total. The van der Waals surface area contributed by atoms with Crippen LogP contribution in [0.4, 0.5) is 0 Å². The monoisotopic (exact) mass is 236 g/mol. The van der Waals surface area contributed by atoms with E-state index in [-0.39, 0.29) is 18.2 Å². The molecule has 0 fully saturated rings. The SMILES string of the molecule is CCS(=O)(=O)NCCNC(=O)C(C)(C)C. The fourth-order valence-electron chi connectivity index (χ4n) is 0.750. The van der Waals surface area contributed by atoms with Crippen LogP contribution in [0.25, 0.3) is 0 Å². The van der Waals surface area contributed by atoms with Crippen molar-refractivity contribution in [3.63, 3.8) is 0 Å². The molecular weight excluding hydrogens is 216 g/mol. The van der Waals surface area contributed by atoms with Gasteiger partial charge in [-0.3, -0.25) is 4.79 Å². The molecule has 0 heterocycles. The van der Waals surface area contributed by atoms with E-state index in [0.717, 1.165) is 0 Å². The maximum absolute atomic E-state index is 11.4. The number of hydrogen-bond acceptors (Lipinski definition) is 3. The van der Waals surface area contributed by atoms with Crippen LogP contribution in [0.3, 0.4) is 0 Å². The van der Waals surface area contributed by atoms with E-state index in [4.69, 9.17) is 0 Å². The van der Waals surface area contributed by atoms with Gasteiger partial charge in [0, 0.05) is 18.5 Å². The molecule has 0 spiro atoms. The lowest BCUT2D eigenvalue weighted by Crippen LogP contribution is -2.40. The summed E-state index contributed by atoms with van der Waals surface area (Å²) in [6, 6.07) is 0. The van der Waals surface area contributed by atoms with Crippen LogP contribution in [-0.4, -0.2) is 33.2 Å². The van der Waals surface area contributed by atoms with Crippen molar-refractivity contribution in [1.29, 1.82) is 0 Å². The minimum Gasteiger partial charge on any atom is -0.354 e. The Kier molecular flexibility index (Phi) is 5.23. The highest BCUT2D eigenvalue weighted by Gasteiger charge is 2.20. The Balaban J connectivity index is 3.79. The number of amides is 1. The number of rotatable bonds is 5. The van der Waals surface area contributed by atoms with Crippen molar-refractivity contribution in [3.8, 4) is 0 Å². The summed E-state index contributed by atoms with van der Waals surface area (Å²) < 4.78 is 24.4. The standard InChI is InChI=1S/C9H20N2O3S/c1-5-15(13,14)11-7-6-10-8(12)9(2,3)4/h11H,5-7H2,1-4H3,(H,10,12). The first-order valence-corrected chi connectivity index (χ1v) is 6.60. The first kappa shape index (κ1) is 14.4. The van der Waals surface area contributed by atoms with Gasteiger partial charge in [-0.15, -0.1) is 0 Å². The molecule has 90 valence electrons. The molecular formula is C9H20N2O3S. The molecule has 0 aliphatic carbocycles. The van der Waals surface area contributed by atoms with E-state index in [1.54, 1.807) is 27.7 Å². The molecule has 0 bridgehead atoms. The Morgan fingerprint density at radius 2 is 1.73 bits per heavy atom. The minimum atomic E-state index is -3.15. The number of carbonyl (C=O) groups excluding carboxylic acids is 1. The summed E-state index contributed by atoms with van der Waals surface area (Å²) in [6.07, 6.45) is 0. The predicted molar refractivity (Wildman–Crippen MR) is 59.9 cm³/mol. The maximum atomic E-state index is 11.4. The molecule has 0 unspecified atom stereocenters. The second kappa shape index (κ2) is 5.46. The normalized spacial score (nSPS) is 12.5. The van der Waals surface area contributed by atoms with E-state index in [1.165, 1.54) is 0 Å². The quantitative estimate of drug-likeness (QED) is 0.664. The van der Waals surface area contributed by atoms with Gasteiger partial charge in [-0.25, -0.2) is 13.1 Å². The molecule has 0 radical (unpaired) electrons. The van der Waals surface area contributed by atoms with E-state index >= 15 is 0 Å². The smallest absolute Gasteiger partial charge is 0.225 e. The highest BCUT2D eigenvalue weighted by Crippen LogP contribution is 2.11. The molecule has 1 amide bonds. The molecule has 0 saturated heterocycles. The van der Waals surface area contributed by atoms with Gasteiger partial charge < -0.3 is 5.32 Å². The van der Waals surface area contributed by atoms with Crippen LogP contribution in [0, 0.1) is 5.41 Å². The van der Waals surface area contributed by atoms with E-state index in [9.17, 15) is 13.2 Å². The number of hydrogen-bond donors (Lipinski definition) is 2. The summed E-state index contributed by atoms with van der Waals surface area (Å²) in [6.45, 7) is 7.53. The van der Waals surface area contributed by atoms with Gasteiger partial charge in [-0.05, 0) is 6.92 Å². The minimum absolute atomic E-state index is 0.0558. The summed E-state index contributed by atoms with van der Waals surface area (Å²) in [5.41, 5.74) is -0.441. The zero-order chi connectivity index (χ0) is 12.1. The first-order valence-electron chi connectivity index (χ1n) is 4.94. The van der Waals surface area contributed by atoms with E-state index in [1.807, 2.05) is 0 Å². The van der Waals surface area contributed by atoms with E-state index in [0.29, 0.717) is 6.54 Å². The molecule has 0 aliphatic heterocycles. The summed E-state index contributed by atoms with van der Waals surface area (Å²) in [5, 5.41) is 2.65. The predicted octanol–water partition coefficient (Wildman–Crippen LogP) is 0.0880. The van der Waals surface area contributed by atoms with Crippen LogP contribution in [-0.2, 0) is 14.8 Å². The van der Waals surface area contributed by atoms with Crippen LogP contribution < -0.4 is 10.0 Å². The third-order valence-electron chi connectivity index (χ3n) is 1.79. The largest absolute Gasteiger partial charge is 0.354 e. The van der Waals surface area contributed by atoms with Gasteiger partial charge in [0.05, 0.1) is 5.75 Å². The van der Waals surface area contributed by atoms with Gasteiger partial charge in [0.1, 0.15) is 0 Å². The molecule has 0 atom stereocenters. The van der Waals surface area contributed by atoms with Crippen LogP contribution in [0.5, 0.6) is 0 Å². The molecule has 5 nitrogen and oxygen atoms in total. The summed E-state index contributed by atoms with van der Waals surface area (Å²) in [7, 11) is -3.15. The second-order valence-corrected chi connectivity index (χ2v) is 6.40. The first-order chi connectivity index (χ1) is 6.69. The van der Waals surface area contributed by atoms with Gasteiger partial charge in [-0.2, -0.15) is 0 Å². The van der Waals surface area contributed by atoms with Crippen LogP contribution in [0.15, 0.2) is 0 Å². The Morgan fingerprint density at radius 3 is 2.13 bits per heavy atom. The van der Waals surface area contributed by atoms with Gasteiger partial charge in [0.25, 0.3) is 0 Å². The lowest BCUT2D eigenvalue weighted by atomic mass is 9.96. The van der Waals surface area contributed by atoms with Crippen molar-refractivity contribution in [3.05, 3.63) is 0 Å².